The van der Waals surface area contributed by atoms with Crippen LogP contribution < -0.4 is 5.32 Å². The third-order valence-corrected chi connectivity index (χ3v) is 4.40. The summed E-state index contributed by atoms with van der Waals surface area (Å²) in [4.78, 5) is 13.5. The third kappa shape index (κ3) is 4.28. The predicted molar refractivity (Wildman–Crippen MR) is 87.9 cm³/mol. The number of hydrogen-bond donors (Lipinski definition) is 1. The van der Waals surface area contributed by atoms with Crippen molar-refractivity contribution in [1.29, 1.82) is 0 Å². The van der Waals surface area contributed by atoms with E-state index in [2.05, 4.69) is 20.7 Å². The molecule has 0 unspecified atom stereocenters. The molecular weight excluding hydrogens is 314 g/mol. The second-order valence-electron chi connectivity index (χ2n) is 5.88. The minimum atomic E-state index is -0.0694. The third-order valence-electron chi connectivity index (χ3n) is 4.07. The van der Waals surface area contributed by atoms with Crippen LogP contribution in [0.1, 0.15) is 38.5 Å². The first-order valence-electron chi connectivity index (χ1n) is 8.04. The van der Waals surface area contributed by atoms with Crippen LogP contribution in [-0.2, 0) is 11.3 Å². The van der Waals surface area contributed by atoms with Crippen molar-refractivity contribution in [2.45, 2.75) is 51.1 Å². The SMILES string of the molecule is O=C(Cn1nnc(-c2ccccc2Cl)n1)NC1CCCCCC1. The van der Waals surface area contributed by atoms with Crippen molar-refractivity contribution in [3.63, 3.8) is 0 Å². The van der Waals surface area contributed by atoms with Gasteiger partial charge in [0.1, 0.15) is 6.54 Å². The number of carbonyl (C=O) groups excluding carboxylic acids is 1. The lowest BCUT2D eigenvalue weighted by Gasteiger charge is -2.15. The smallest absolute Gasteiger partial charge is 0.243 e. The molecule has 1 N–H and O–H groups in total. The van der Waals surface area contributed by atoms with Crippen molar-refractivity contribution in [1.82, 2.24) is 25.5 Å². The summed E-state index contributed by atoms with van der Waals surface area (Å²) < 4.78 is 0. The van der Waals surface area contributed by atoms with Crippen LogP contribution in [0.25, 0.3) is 11.4 Å². The zero-order chi connectivity index (χ0) is 16.1. The van der Waals surface area contributed by atoms with Crippen molar-refractivity contribution in [3.8, 4) is 11.4 Å². The molecule has 3 rings (SSSR count). The van der Waals surface area contributed by atoms with E-state index in [4.69, 9.17) is 11.6 Å². The van der Waals surface area contributed by atoms with Gasteiger partial charge in [0.2, 0.25) is 11.7 Å². The van der Waals surface area contributed by atoms with Gasteiger partial charge in [-0.3, -0.25) is 4.79 Å². The monoisotopic (exact) mass is 333 g/mol. The summed E-state index contributed by atoms with van der Waals surface area (Å²) in [7, 11) is 0. The van der Waals surface area contributed by atoms with Gasteiger partial charge >= 0.3 is 0 Å². The fraction of sp³-hybridized carbons (Fsp3) is 0.500. The van der Waals surface area contributed by atoms with Gasteiger partial charge in [-0.2, -0.15) is 4.80 Å². The van der Waals surface area contributed by atoms with Gasteiger partial charge in [0.05, 0.1) is 5.02 Å². The topological polar surface area (TPSA) is 72.7 Å². The molecule has 0 aliphatic heterocycles. The van der Waals surface area contributed by atoms with Crippen molar-refractivity contribution in [2.75, 3.05) is 0 Å². The van der Waals surface area contributed by atoms with Crippen LogP contribution in [0.3, 0.4) is 0 Å². The van der Waals surface area contributed by atoms with Crippen molar-refractivity contribution in [3.05, 3.63) is 29.3 Å². The molecule has 7 heteroatoms. The molecule has 1 aromatic heterocycles. The van der Waals surface area contributed by atoms with E-state index in [-0.39, 0.29) is 18.5 Å². The number of tetrazole rings is 1. The van der Waals surface area contributed by atoms with E-state index in [1.807, 2.05) is 18.2 Å². The molecule has 1 heterocycles. The van der Waals surface area contributed by atoms with Crippen LogP contribution in [0.15, 0.2) is 24.3 Å². The number of aromatic nitrogens is 4. The molecule has 0 bridgehead atoms. The number of carbonyl (C=O) groups is 1. The molecule has 2 aromatic rings. The van der Waals surface area contributed by atoms with Crippen LogP contribution in [0, 0.1) is 0 Å². The van der Waals surface area contributed by atoms with Crippen LogP contribution >= 0.6 is 11.6 Å². The standard InChI is InChI=1S/C16H20ClN5O/c17-14-10-6-5-9-13(14)16-19-21-22(20-16)11-15(23)18-12-7-3-1-2-4-8-12/h5-6,9-10,12H,1-4,7-8,11H2,(H,18,23). The second kappa shape index (κ2) is 7.55. The molecule has 23 heavy (non-hydrogen) atoms. The lowest BCUT2D eigenvalue weighted by Crippen LogP contribution is -2.37. The highest BCUT2D eigenvalue weighted by atomic mass is 35.5. The largest absolute Gasteiger partial charge is 0.352 e. The van der Waals surface area contributed by atoms with Gasteiger partial charge in [0.25, 0.3) is 0 Å². The highest BCUT2D eigenvalue weighted by molar-refractivity contribution is 6.33. The molecule has 0 atom stereocenters. The van der Waals surface area contributed by atoms with Crippen molar-refractivity contribution in [2.24, 2.45) is 0 Å². The number of rotatable bonds is 4. The zero-order valence-electron chi connectivity index (χ0n) is 12.9. The first kappa shape index (κ1) is 15.9. The lowest BCUT2D eigenvalue weighted by atomic mass is 10.1. The predicted octanol–water partition coefficient (Wildman–Crippen LogP) is 2.83. The minimum absolute atomic E-state index is 0.0694. The molecule has 0 radical (unpaired) electrons. The molecule has 1 fully saturated rings. The number of amides is 1. The summed E-state index contributed by atoms with van der Waals surface area (Å²) in [6, 6.07) is 7.58. The van der Waals surface area contributed by atoms with Gasteiger partial charge in [0.15, 0.2) is 0 Å². The van der Waals surface area contributed by atoms with Crippen molar-refractivity contribution >= 4 is 17.5 Å². The number of hydrogen-bond acceptors (Lipinski definition) is 4. The van der Waals surface area contributed by atoms with Crippen LogP contribution in [-0.4, -0.2) is 32.2 Å². The van der Waals surface area contributed by atoms with E-state index in [9.17, 15) is 4.79 Å². The number of nitrogens with zero attached hydrogens (tertiary/aromatic N) is 4. The molecule has 0 spiro atoms. The van der Waals surface area contributed by atoms with E-state index < -0.39 is 0 Å². The van der Waals surface area contributed by atoms with Gasteiger partial charge in [-0.1, -0.05) is 49.4 Å². The van der Waals surface area contributed by atoms with Gasteiger partial charge in [-0.05, 0) is 30.2 Å². The van der Waals surface area contributed by atoms with Gasteiger partial charge < -0.3 is 5.32 Å². The molecular formula is C16H20ClN5O. The average molecular weight is 334 g/mol. The zero-order valence-corrected chi connectivity index (χ0v) is 13.7. The van der Waals surface area contributed by atoms with E-state index in [0.717, 1.165) is 12.8 Å². The Bertz CT molecular complexity index is 664. The Labute approximate surface area is 140 Å². The maximum atomic E-state index is 12.1. The summed E-state index contributed by atoms with van der Waals surface area (Å²) in [6.07, 6.45) is 7.01. The lowest BCUT2D eigenvalue weighted by molar-refractivity contribution is -0.122. The molecule has 1 aliphatic rings. The fourth-order valence-corrected chi connectivity index (χ4v) is 3.11. The minimum Gasteiger partial charge on any atom is -0.352 e. The highest BCUT2D eigenvalue weighted by Crippen LogP contribution is 2.23. The molecule has 1 saturated carbocycles. The maximum absolute atomic E-state index is 12.1. The van der Waals surface area contributed by atoms with E-state index >= 15 is 0 Å². The van der Waals surface area contributed by atoms with Crippen LogP contribution in [0.2, 0.25) is 5.02 Å². The van der Waals surface area contributed by atoms with Crippen LogP contribution in [0.4, 0.5) is 0 Å². The van der Waals surface area contributed by atoms with Gasteiger partial charge in [0, 0.05) is 11.6 Å². The Kier molecular flexibility index (Phi) is 5.23. The number of halogens is 1. The Morgan fingerprint density at radius 3 is 2.70 bits per heavy atom. The quantitative estimate of drug-likeness (QED) is 0.873. The van der Waals surface area contributed by atoms with E-state index in [0.29, 0.717) is 16.4 Å². The Hall–Kier alpha value is -1.95. The van der Waals surface area contributed by atoms with Crippen molar-refractivity contribution < 1.29 is 4.79 Å². The molecule has 0 saturated heterocycles. The first-order chi connectivity index (χ1) is 11.2. The molecule has 122 valence electrons. The molecule has 1 aliphatic carbocycles. The molecule has 1 amide bonds. The van der Waals surface area contributed by atoms with E-state index in [1.165, 1.54) is 30.5 Å². The summed E-state index contributed by atoms with van der Waals surface area (Å²) >= 11 is 6.12. The highest BCUT2D eigenvalue weighted by Gasteiger charge is 2.16. The van der Waals surface area contributed by atoms with E-state index in [1.54, 1.807) is 6.07 Å². The molecule has 6 nitrogen and oxygen atoms in total. The number of nitrogens with one attached hydrogen (secondary N) is 1. The Morgan fingerprint density at radius 2 is 1.96 bits per heavy atom. The summed E-state index contributed by atoms with van der Waals surface area (Å²) in [6.45, 7) is 0.0773. The maximum Gasteiger partial charge on any atom is 0.243 e. The van der Waals surface area contributed by atoms with Crippen LogP contribution in [0.5, 0.6) is 0 Å². The fourth-order valence-electron chi connectivity index (χ4n) is 2.89. The summed E-state index contributed by atoms with van der Waals surface area (Å²) in [5, 5.41) is 15.8. The Balaban J connectivity index is 1.60. The Morgan fingerprint density at radius 1 is 1.22 bits per heavy atom. The average Bonchev–Trinajstić information content (AvgIpc) is 2.83. The second-order valence-corrected chi connectivity index (χ2v) is 6.29. The van der Waals surface area contributed by atoms with Gasteiger partial charge in [-0.15, -0.1) is 10.2 Å². The first-order valence-corrected chi connectivity index (χ1v) is 8.42. The summed E-state index contributed by atoms with van der Waals surface area (Å²) in [5.41, 5.74) is 0.713. The molecule has 1 aromatic carbocycles. The number of benzene rings is 1. The summed E-state index contributed by atoms with van der Waals surface area (Å²) in [5.74, 6) is 0.359. The van der Waals surface area contributed by atoms with Gasteiger partial charge in [-0.25, -0.2) is 0 Å². The normalized spacial score (nSPS) is 16.0.